The van der Waals surface area contributed by atoms with Crippen LogP contribution in [-0.2, 0) is 22.2 Å². The standard InChI is InChI=1S/C23H32F3N7O4/c1-21(2,3)17(33-11-15(29-30-33)13-5-6-13)19(36)32-10-14(34)9-16(32)18(35)28-12-22(37,23(24,25)26)20-27-7-8-31(20)4/h7-8,11,13-14,16-17,34,37H,5-6,9-10,12H2,1-4H3,(H,28,35)/t14-,16+,17-,22?/m1/s1. The first-order valence-corrected chi connectivity index (χ1v) is 12.1. The number of amides is 2. The van der Waals surface area contributed by atoms with Crippen molar-refractivity contribution in [1.29, 1.82) is 0 Å². The number of imidazole rings is 1. The normalized spacial score (nSPS) is 23.1. The molecule has 2 aromatic heterocycles. The quantitative estimate of drug-likeness (QED) is 0.488. The lowest BCUT2D eigenvalue weighted by atomic mass is 9.85. The van der Waals surface area contributed by atoms with Crippen molar-refractivity contribution in [2.45, 2.75) is 75.9 Å². The number of carbonyl (C=O) groups excluding carboxylic acids is 2. The Hall–Kier alpha value is -3.00. The van der Waals surface area contributed by atoms with Crippen LogP contribution in [0.2, 0.25) is 0 Å². The van der Waals surface area contributed by atoms with Crippen molar-refractivity contribution in [2.24, 2.45) is 12.5 Å². The maximum atomic E-state index is 13.9. The highest BCUT2D eigenvalue weighted by atomic mass is 19.4. The predicted molar refractivity (Wildman–Crippen MR) is 123 cm³/mol. The fourth-order valence-electron chi connectivity index (χ4n) is 4.73. The molecule has 1 aliphatic heterocycles. The van der Waals surface area contributed by atoms with Gasteiger partial charge in [-0.25, -0.2) is 9.67 Å². The van der Waals surface area contributed by atoms with Crippen LogP contribution < -0.4 is 5.32 Å². The number of likely N-dealkylation sites (tertiary alicyclic amines) is 1. The summed E-state index contributed by atoms with van der Waals surface area (Å²) in [5.74, 6) is -1.81. The zero-order valence-corrected chi connectivity index (χ0v) is 21.1. The van der Waals surface area contributed by atoms with Gasteiger partial charge in [-0.3, -0.25) is 9.59 Å². The first kappa shape index (κ1) is 27.0. The van der Waals surface area contributed by atoms with E-state index in [4.69, 9.17) is 0 Å². The molecule has 4 atom stereocenters. The molecule has 2 fully saturated rings. The van der Waals surface area contributed by atoms with E-state index >= 15 is 0 Å². The number of carbonyl (C=O) groups is 2. The number of halogens is 3. The van der Waals surface area contributed by atoms with Crippen LogP contribution in [0.3, 0.4) is 0 Å². The smallest absolute Gasteiger partial charge is 0.391 e. The van der Waals surface area contributed by atoms with E-state index in [1.54, 1.807) is 6.20 Å². The number of alkyl halides is 3. The second-order valence-electron chi connectivity index (χ2n) is 11.0. The molecule has 37 heavy (non-hydrogen) atoms. The topological polar surface area (TPSA) is 138 Å². The van der Waals surface area contributed by atoms with Gasteiger partial charge < -0.3 is 25.0 Å². The Kier molecular flexibility index (Phi) is 6.86. The van der Waals surface area contributed by atoms with Crippen LogP contribution in [0, 0.1) is 5.41 Å². The van der Waals surface area contributed by atoms with Crippen LogP contribution in [0.15, 0.2) is 18.6 Å². The van der Waals surface area contributed by atoms with Gasteiger partial charge >= 0.3 is 6.18 Å². The maximum Gasteiger partial charge on any atom is 0.426 e. The Labute approximate surface area is 211 Å². The fraction of sp³-hybridized carbons (Fsp3) is 0.696. The number of hydrogen-bond acceptors (Lipinski definition) is 7. The van der Waals surface area contributed by atoms with Gasteiger partial charge in [0.15, 0.2) is 5.82 Å². The third-order valence-corrected chi connectivity index (χ3v) is 6.89. The van der Waals surface area contributed by atoms with Gasteiger partial charge in [0.05, 0.1) is 18.3 Å². The number of nitrogens with one attached hydrogen (secondary N) is 1. The van der Waals surface area contributed by atoms with Crippen molar-refractivity contribution in [3.63, 3.8) is 0 Å². The summed E-state index contributed by atoms with van der Waals surface area (Å²) in [5.41, 5.74) is -3.34. The van der Waals surface area contributed by atoms with Gasteiger partial charge in [0.1, 0.15) is 12.1 Å². The molecule has 1 saturated heterocycles. The maximum absolute atomic E-state index is 13.9. The summed E-state index contributed by atoms with van der Waals surface area (Å²) in [6.45, 7) is 4.09. The number of aryl methyl sites for hydroxylation is 1. The zero-order valence-electron chi connectivity index (χ0n) is 21.1. The molecular weight excluding hydrogens is 495 g/mol. The van der Waals surface area contributed by atoms with Crippen molar-refractivity contribution in [3.05, 3.63) is 30.1 Å². The molecule has 204 valence electrons. The number of rotatable bonds is 7. The summed E-state index contributed by atoms with van der Waals surface area (Å²) >= 11 is 0. The Morgan fingerprint density at radius 3 is 2.46 bits per heavy atom. The molecule has 14 heteroatoms. The average Bonchev–Trinajstić information content (AvgIpc) is 3.16. The molecule has 2 aromatic rings. The minimum Gasteiger partial charge on any atom is -0.391 e. The molecule has 1 unspecified atom stereocenters. The van der Waals surface area contributed by atoms with Crippen LogP contribution in [-0.4, -0.2) is 82.9 Å². The fourth-order valence-corrected chi connectivity index (χ4v) is 4.73. The monoisotopic (exact) mass is 527 g/mol. The summed E-state index contributed by atoms with van der Waals surface area (Å²) in [4.78, 5) is 31.6. The van der Waals surface area contributed by atoms with Gasteiger partial charge in [0.25, 0.3) is 0 Å². The highest BCUT2D eigenvalue weighted by Gasteiger charge is 2.58. The number of β-amino-alcohol motifs (C(OH)–C–C–N with tert-alkyl or cyclic N) is 1. The lowest BCUT2D eigenvalue weighted by Crippen LogP contribution is -2.56. The highest BCUT2D eigenvalue weighted by molar-refractivity contribution is 5.90. The van der Waals surface area contributed by atoms with Crippen molar-refractivity contribution in [2.75, 3.05) is 13.1 Å². The molecule has 3 N–H and O–H groups in total. The van der Waals surface area contributed by atoms with Crippen LogP contribution >= 0.6 is 0 Å². The molecule has 1 aliphatic carbocycles. The van der Waals surface area contributed by atoms with E-state index in [1.807, 2.05) is 20.8 Å². The minimum absolute atomic E-state index is 0.161. The summed E-state index contributed by atoms with van der Waals surface area (Å²) in [7, 11) is 1.29. The number of hydrogen-bond donors (Lipinski definition) is 3. The van der Waals surface area contributed by atoms with Gasteiger partial charge in [-0.05, 0) is 18.3 Å². The molecule has 1 saturated carbocycles. The molecule has 0 bridgehead atoms. The molecular formula is C23H32F3N7O4. The molecule has 0 spiro atoms. The van der Waals surface area contributed by atoms with Gasteiger partial charge in [0, 0.05) is 44.5 Å². The number of aromatic nitrogens is 5. The van der Waals surface area contributed by atoms with Crippen molar-refractivity contribution >= 4 is 11.8 Å². The van der Waals surface area contributed by atoms with Crippen molar-refractivity contribution in [1.82, 2.24) is 34.8 Å². The summed E-state index contributed by atoms with van der Waals surface area (Å²) in [5, 5.41) is 31.3. The number of nitrogens with zero attached hydrogens (tertiary/aromatic N) is 6. The predicted octanol–water partition coefficient (Wildman–Crippen LogP) is 1.00. The van der Waals surface area contributed by atoms with Crippen LogP contribution in [0.1, 0.15) is 63.5 Å². The van der Waals surface area contributed by atoms with Crippen molar-refractivity contribution in [3.8, 4) is 0 Å². The number of aliphatic hydroxyl groups excluding tert-OH is 1. The largest absolute Gasteiger partial charge is 0.426 e. The average molecular weight is 528 g/mol. The first-order chi connectivity index (χ1) is 17.1. The summed E-state index contributed by atoms with van der Waals surface area (Å²) < 4.78 is 44.0. The van der Waals surface area contributed by atoms with E-state index in [-0.39, 0.29) is 13.0 Å². The lowest BCUT2D eigenvalue weighted by Gasteiger charge is -2.35. The zero-order chi connectivity index (χ0) is 27.3. The number of aliphatic hydroxyl groups is 2. The molecule has 3 heterocycles. The summed E-state index contributed by atoms with van der Waals surface area (Å²) in [6.07, 6.45) is -0.302. The molecule has 11 nitrogen and oxygen atoms in total. The van der Waals surface area contributed by atoms with Gasteiger partial charge in [0.2, 0.25) is 17.4 Å². The van der Waals surface area contributed by atoms with E-state index in [1.165, 1.54) is 22.8 Å². The van der Waals surface area contributed by atoms with E-state index in [2.05, 4.69) is 20.6 Å². The summed E-state index contributed by atoms with van der Waals surface area (Å²) in [6, 6.07) is -2.11. The Balaban J connectivity index is 1.55. The Bertz CT molecular complexity index is 1150. The molecule has 2 aliphatic rings. The van der Waals surface area contributed by atoms with E-state index in [0.29, 0.717) is 5.92 Å². The Morgan fingerprint density at radius 2 is 1.92 bits per heavy atom. The van der Waals surface area contributed by atoms with Gasteiger partial charge in [-0.2, -0.15) is 13.2 Å². The Morgan fingerprint density at radius 1 is 1.24 bits per heavy atom. The third kappa shape index (κ3) is 5.21. The third-order valence-electron chi connectivity index (χ3n) is 6.89. The van der Waals surface area contributed by atoms with E-state index in [0.717, 1.165) is 29.3 Å². The second-order valence-corrected chi connectivity index (χ2v) is 11.0. The minimum atomic E-state index is -5.15. The first-order valence-electron chi connectivity index (χ1n) is 12.1. The molecule has 4 rings (SSSR count). The van der Waals surface area contributed by atoms with Crippen molar-refractivity contribution < 1.29 is 33.0 Å². The van der Waals surface area contributed by atoms with Gasteiger partial charge in [-0.15, -0.1) is 5.10 Å². The molecule has 2 amide bonds. The van der Waals surface area contributed by atoms with Gasteiger partial charge in [-0.1, -0.05) is 26.0 Å². The highest BCUT2D eigenvalue weighted by Crippen LogP contribution is 2.41. The molecule has 0 aromatic carbocycles. The van der Waals surface area contributed by atoms with Crippen LogP contribution in [0.5, 0.6) is 0 Å². The van der Waals surface area contributed by atoms with Crippen LogP contribution in [0.4, 0.5) is 13.2 Å². The van der Waals surface area contributed by atoms with E-state index in [9.17, 15) is 33.0 Å². The SMILES string of the molecule is Cn1ccnc1C(O)(CNC(=O)[C@@H]1C[C@@H](O)CN1C(=O)[C@@H](n1cc(C2CC2)nn1)C(C)(C)C)C(F)(F)F. The lowest BCUT2D eigenvalue weighted by molar-refractivity contribution is -0.267. The van der Waals surface area contributed by atoms with E-state index < -0.39 is 59.6 Å². The molecule has 0 radical (unpaired) electrons. The van der Waals surface area contributed by atoms with Crippen LogP contribution in [0.25, 0.3) is 0 Å². The second kappa shape index (κ2) is 9.39.